The lowest BCUT2D eigenvalue weighted by atomic mass is 9.86. The number of aryl methyl sites for hydroxylation is 1. The average Bonchev–Trinajstić information content (AvgIpc) is 3.54. The third kappa shape index (κ3) is 5.74. The summed E-state index contributed by atoms with van der Waals surface area (Å²) in [5.41, 5.74) is 0.457. The molecule has 0 radical (unpaired) electrons. The van der Waals surface area contributed by atoms with Crippen molar-refractivity contribution in [3.63, 3.8) is 0 Å². The predicted molar refractivity (Wildman–Crippen MR) is 139 cm³/mol. The molecule has 5 rings (SSSR count). The first-order chi connectivity index (χ1) is 24.4. The number of amides is 1. The van der Waals surface area contributed by atoms with Crippen molar-refractivity contribution in [2.45, 2.75) is 114 Å². The van der Waals surface area contributed by atoms with Crippen molar-refractivity contribution in [1.29, 1.82) is 0 Å². The number of hydrogen-bond donors (Lipinski definition) is 1. The summed E-state index contributed by atoms with van der Waals surface area (Å²) in [5, 5.41) is 10.1. The van der Waals surface area contributed by atoms with Crippen LogP contribution in [-0.4, -0.2) is 50.1 Å². The third-order valence-electron chi connectivity index (χ3n) is 7.41. The summed E-state index contributed by atoms with van der Waals surface area (Å²) in [6.07, 6.45) is -14.4. The summed E-state index contributed by atoms with van der Waals surface area (Å²) in [6.45, 7) is -8.75. The largest absolute Gasteiger partial charge is 0.349 e. The molecule has 1 aliphatic carbocycles. The van der Waals surface area contributed by atoms with Crippen LogP contribution in [0.2, 0.25) is 0 Å². The van der Waals surface area contributed by atoms with Gasteiger partial charge in [-0.2, -0.15) is 0 Å². The molecule has 3 unspecified atom stereocenters. The van der Waals surface area contributed by atoms with E-state index in [1.165, 1.54) is 0 Å². The molecule has 3 aliphatic rings. The lowest BCUT2D eigenvalue weighted by Crippen LogP contribution is -2.45. The second kappa shape index (κ2) is 10.8. The fraction of sp³-hybridized carbons (Fsp3) is 0.690. The van der Waals surface area contributed by atoms with E-state index in [0.29, 0.717) is 18.4 Å². The van der Waals surface area contributed by atoms with Gasteiger partial charge in [-0.25, -0.2) is 8.78 Å². The number of benzene rings is 1. The summed E-state index contributed by atoms with van der Waals surface area (Å²) in [5.74, 6) is -12.6. The van der Waals surface area contributed by atoms with E-state index < -0.39 is 93.4 Å². The Morgan fingerprint density at radius 2 is 1.84 bits per heavy atom. The molecular formula is C29H41F2N5O. The van der Waals surface area contributed by atoms with Crippen LogP contribution in [0.15, 0.2) is 30.3 Å². The second-order valence-corrected chi connectivity index (χ2v) is 9.74. The van der Waals surface area contributed by atoms with E-state index in [1.54, 1.807) is 30.3 Å². The lowest BCUT2D eigenvalue weighted by Gasteiger charge is -2.40. The molecule has 0 spiro atoms. The molecule has 2 saturated heterocycles. The third-order valence-corrected chi connectivity index (χ3v) is 7.41. The molecular weight excluding hydrogens is 472 g/mol. The number of halogens is 2. The smallest absolute Gasteiger partial charge is 0.248 e. The highest BCUT2D eigenvalue weighted by Gasteiger charge is 2.42. The molecule has 3 heterocycles. The molecule has 37 heavy (non-hydrogen) atoms. The van der Waals surface area contributed by atoms with E-state index in [0.717, 1.165) is 4.57 Å². The minimum absolute atomic E-state index is 0.0840. The Bertz CT molecular complexity index is 1640. The fourth-order valence-corrected chi connectivity index (χ4v) is 5.75. The van der Waals surface area contributed by atoms with Crippen LogP contribution in [0.1, 0.15) is 130 Å². The first kappa shape index (κ1) is 12.7. The topological polar surface area (TPSA) is 63.1 Å². The molecule has 1 N–H and O–H groups in total. The van der Waals surface area contributed by atoms with Gasteiger partial charge in [0.1, 0.15) is 11.6 Å². The van der Waals surface area contributed by atoms with Crippen LogP contribution in [0.5, 0.6) is 0 Å². The number of nitrogens with one attached hydrogen (secondary N) is 1. The molecule has 3 fully saturated rings. The average molecular weight is 531 g/mol. The van der Waals surface area contributed by atoms with Gasteiger partial charge >= 0.3 is 0 Å². The summed E-state index contributed by atoms with van der Waals surface area (Å²) in [4.78, 5) is 15.9. The molecule has 8 heteroatoms. The van der Waals surface area contributed by atoms with Crippen LogP contribution < -0.4 is 5.32 Å². The molecule has 6 nitrogen and oxygen atoms in total. The van der Waals surface area contributed by atoms with Crippen LogP contribution in [0.25, 0.3) is 0 Å². The van der Waals surface area contributed by atoms with Crippen LogP contribution in [-0.2, 0) is 4.79 Å². The summed E-state index contributed by atoms with van der Waals surface area (Å²) >= 11 is 0. The molecule has 1 aromatic carbocycles. The normalized spacial score (nSPS) is 40.2. The zero-order chi connectivity index (χ0) is 40.8. The van der Waals surface area contributed by atoms with Crippen LogP contribution in [0.3, 0.4) is 0 Å². The number of alkyl halides is 2. The van der Waals surface area contributed by atoms with Gasteiger partial charge in [0, 0.05) is 72.6 Å². The van der Waals surface area contributed by atoms with Gasteiger partial charge in [-0.15, -0.1) is 10.2 Å². The lowest BCUT2D eigenvalue weighted by molar-refractivity contribution is -0.130. The van der Waals surface area contributed by atoms with Gasteiger partial charge in [0.15, 0.2) is 0 Å². The molecule has 1 saturated carbocycles. The van der Waals surface area contributed by atoms with Gasteiger partial charge in [-0.3, -0.25) is 9.69 Å². The Balaban J connectivity index is 1.42. The Kier molecular flexibility index (Phi) is 3.70. The van der Waals surface area contributed by atoms with Crippen molar-refractivity contribution >= 4 is 5.91 Å². The van der Waals surface area contributed by atoms with Gasteiger partial charge in [0.05, 0.1) is 6.04 Å². The molecule has 1 amide bonds. The van der Waals surface area contributed by atoms with E-state index in [2.05, 4.69) is 20.4 Å². The minimum atomic E-state index is -5.15. The molecule has 3 atom stereocenters. The zero-order valence-electron chi connectivity index (χ0n) is 37.0. The Hall–Kier alpha value is -2.35. The Labute approximate surface area is 243 Å². The van der Waals surface area contributed by atoms with Gasteiger partial charge < -0.3 is 9.88 Å². The van der Waals surface area contributed by atoms with E-state index in [-0.39, 0.29) is 37.9 Å². The predicted octanol–water partition coefficient (Wildman–Crippen LogP) is 5.95. The number of carbonyl (C=O) groups excluding carboxylic acids is 1. The second-order valence-electron chi connectivity index (χ2n) is 9.74. The maximum absolute atomic E-state index is 15.0. The Morgan fingerprint density at radius 3 is 2.49 bits per heavy atom. The first-order valence-corrected chi connectivity index (χ1v) is 12.3. The number of hydrogen-bond acceptors (Lipinski definition) is 4. The van der Waals surface area contributed by atoms with E-state index in [4.69, 9.17) is 23.3 Å². The highest BCUT2D eigenvalue weighted by atomic mass is 19.3. The number of piperidine rings is 1. The molecule has 202 valence electrons. The molecule has 1 aromatic heterocycles. The van der Waals surface area contributed by atoms with Crippen molar-refractivity contribution < 1.29 is 36.9 Å². The van der Waals surface area contributed by atoms with Crippen molar-refractivity contribution in [1.82, 2.24) is 25.0 Å². The van der Waals surface area contributed by atoms with Crippen molar-refractivity contribution in [2.75, 3.05) is 6.54 Å². The molecule has 2 aromatic rings. The Morgan fingerprint density at radius 1 is 1.14 bits per heavy atom. The first-order valence-electron chi connectivity index (χ1n) is 20.8. The highest BCUT2D eigenvalue weighted by molar-refractivity contribution is 5.79. The van der Waals surface area contributed by atoms with Gasteiger partial charge in [-0.1, -0.05) is 44.0 Å². The van der Waals surface area contributed by atoms with Crippen LogP contribution in [0.4, 0.5) is 8.78 Å². The van der Waals surface area contributed by atoms with E-state index in [1.807, 2.05) is 0 Å². The van der Waals surface area contributed by atoms with E-state index >= 15 is 8.78 Å². The monoisotopic (exact) mass is 530 g/mol. The number of rotatable bonds is 8. The highest BCUT2D eigenvalue weighted by Crippen LogP contribution is 2.42. The summed E-state index contributed by atoms with van der Waals surface area (Å²) in [6, 6.07) is 5.97. The standard InChI is InChI=1S/C29H41F2N5O/c1-19(2)27-34-33-20(3)36(27)25-17-23-9-10-24(18-25)35(23)16-13-26(21-7-5-4-6-8-21)32-28(37)22-11-14-29(30,31)15-12-22/h4-8,19,22-26H,9-18H2,1-3H3,(H,32,37)/i1D3,2D3,3D3,11D2,12D2,14D2,15D2. The molecule has 2 bridgehead atoms. The number of nitrogens with zero attached hydrogens (tertiary/aromatic N) is 4. The van der Waals surface area contributed by atoms with E-state index in [9.17, 15) is 4.79 Å². The summed E-state index contributed by atoms with van der Waals surface area (Å²) in [7, 11) is 0. The quantitative estimate of drug-likeness (QED) is 0.458. The SMILES string of the molecule is [2H]C([2H])([2H])c1nnc(C(C([2H])([2H])[2H])C([2H])([2H])[2H])n1C1CC2CCC(C1)N2CCC(NC(=O)C1C([2H])([2H])C([2H])([2H])C(F)(F)C([2H])([2H])C1([2H])[2H])c1ccccc1. The summed E-state index contributed by atoms with van der Waals surface area (Å²) < 4.78 is 168. The van der Waals surface area contributed by atoms with Crippen molar-refractivity contribution in [2.24, 2.45) is 5.92 Å². The van der Waals surface area contributed by atoms with Gasteiger partial charge in [-0.05, 0) is 57.3 Å². The van der Waals surface area contributed by atoms with Crippen molar-refractivity contribution in [3.8, 4) is 0 Å². The van der Waals surface area contributed by atoms with Gasteiger partial charge in [0.2, 0.25) is 11.8 Å². The minimum Gasteiger partial charge on any atom is -0.349 e. The van der Waals surface area contributed by atoms with Crippen molar-refractivity contribution in [3.05, 3.63) is 47.5 Å². The van der Waals surface area contributed by atoms with Crippen LogP contribution in [0, 0.1) is 12.8 Å². The maximum atomic E-state index is 15.0. The maximum Gasteiger partial charge on any atom is 0.248 e. The number of aromatic nitrogens is 3. The number of fused-ring (bicyclic) bond motifs is 2. The number of carbonyl (C=O) groups is 1. The fourth-order valence-electron chi connectivity index (χ4n) is 5.75. The van der Waals surface area contributed by atoms with Gasteiger partial charge in [0.25, 0.3) is 0 Å². The zero-order valence-corrected chi connectivity index (χ0v) is 20.0. The van der Waals surface area contributed by atoms with Crippen LogP contribution >= 0.6 is 0 Å². The molecule has 2 aliphatic heterocycles.